The second-order valence-electron chi connectivity index (χ2n) is 7.44. The molecule has 0 aromatic rings. The fourth-order valence-electron chi connectivity index (χ4n) is 2.88. The Morgan fingerprint density at radius 1 is 1.18 bits per heavy atom. The lowest BCUT2D eigenvalue weighted by atomic mass is 9.81. The summed E-state index contributed by atoms with van der Waals surface area (Å²) in [7, 11) is -3.30. The molecule has 2 fully saturated rings. The van der Waals surface area contributed by atoms with Crippen molar-refractivity contribution < 1.29 is 18.3 Å². The van der Waals surface area contributed by atoms with Gasteiger partial charge in [-0.1, -0.05) is 6.42 Å². The van der Waals surface area contributed by atoms with E-state index in [9.17, 15) is 18.3 Å². The van der Waals surface area contributed by atoms with Gasteiger partial charge in [0.15, 0.2) is 0 Å². The maximum Gasteiger partial charge on any atom is 0.249 e. The molecule has 0 aromatic heterocycles. The quantitative estimate of drug-likeness (QED) is 0.799. The third-order valence-electron chi connectivity index (χ3n) is 4.78. The molecular weight excluding hydrogens is 304 g/mol. The lowest BCUT2D eigenvalue weighted by Gasteiger charge is -2.36. The van der Waals surface area contributed by atoms with Crippen molar-refractivity contribution in [1.82, 2.24) is 9.62 Å². The van der Waals surface area contributed by atoms with E-state index in [1.807, 2.05) is 0 Å². The van der Waals surface area contributed by atoms with Gasteiger partial charge in [-0.05, 0) is 52.4 Å². The third kappa shape index (κ3) is 3.63. The highest BCUT2D eigenvalue weighted by Crippen LogP contribution is 2.30. The topological polar surface area (TPSA) is 86.7 Å². The summed E-state index contributed by atoms with van der Waals surface area (Å²) in [5.74, 6) is -0.205. The molecule has 1 saturated carbocycles. The number of sulfonamides is 1. The number of rotatable bonds is 4. The van der Waals surface area contributed by atoms with Crippen LogP contribution < -0.4 is 5.32 Å². The number of nitrogens with one attached hydrogen (secondary N) is 1. The van der Waals surface area contributed by atoms with Gasteiger partial charge in [-0.2, -0.15) is 0 Å². The second-order valence-corrected chi connectivity index (χ2v) is 10.1. The summed E-state index contributed by atoms with van der Waals surface area (Å²) in [6.07, 6.45) is 3.19. The van der Waals surface area contributed by atoms with Crippen molar-refractivity contribution in [2.45, 2.75) is 69.8 Å². The minimum atomic E-state index is -3.30. The molecule has 1 aliphatic carbocycles. The molecule has 1 amide bonds. The maximum absolute atomic E-state index is 12.4. The Morgan fingerprint density at radius 2 is 1.73 bits per heavy atom. The Bertz CT molecular complexity index is 500. The zero-order valence-electron chi connectivity index (χ0n) is 13.7. The van der Waals surface area contributed by atoms with Crippen molar-refractivity contribution in [3.63, 3.8) is 0 Å². The van der Waals surface area contributed by atoms with Gasteiger partial charge in [-0.3, -0.25) is 4.79 Å². The number of amides is 1. The highest BCUT2D eigenvalue weighted by molar-refractivity contribution is 7.90. The van der Waals surface area contributed by atoms with Crippen LogP contribution in [0.2, 0.25) is 0 Å². The van der Waals surface area contributed by atoms with E-state index in [0.717, 1.165) is 19.3 Å². The SMILES string of the molecule is CC(C)(C)S(=O)(=O)N1CCC(NC(=O)C(O)C2CCC2)CC1. The molecule has 0 spiro atoms. The number of carbonyl (C=O) groups is 1. The number of carbonyl (C=O) groups excluding carboxylic acids is 1. The van der Waals surface area contributed by atoms with Gasteiger partial charge < -0.3 is 10.4 Å². The van der Waals surface area contributed by atoms with Gasteiger partial charge >= 0.3 is 0 Å². The monoisotopic (exact) mass is 332 g/mol. The van der Waals surface area contributed by atoms with E-state index < -0.39 is 20.9 Å². The normalized spacial score (nSPS) is 23.8. The first-order valence-electron chi connectivity index (χ1n) is 8.11. The van der Waals surface area contributed by atoms with Gasteiger partial charge in [0.25, 0.3) is 0 Å². The number of nitrogens with zero attached hydrogens (tertiary/aromatic N) is 1. The molecule has 1 heterocycles. The molecule has 2 aliphatic rings. The fraction of sp³-hybridized carbons (Fsp3) is 0.933. The third-order valence-corrected chi connectivity index (χ3v) is 7.37. The molecule has 0 bridgehead atoms. The molecule has 1 aliphatic heterocycles. The van der Waals surface area contributed by atoms with Crippen molar-refractivity contribution >= 4 is 15.9 Å². The largest absolute Gasteiger partial charge is 0.383 e. The average Bonchev–Trinajstić information content (AvgIpc) is 2.35. The summed E-state index contributed by atoms with van der Waals surface area (Å²) >= 11 is 0. The number of piperidine rings is 1. The predicted molar refractivity (Wildman–Crippen MR) is 84.8 cm³/mol. The summed E-state index contributed by atoms with van der Waals surface area (Å²) in [4.78, 5) is 12.0. The molecule has 2 rings (SSSR count). The van der Waals surface area contributed by atoms with Crippen LogP contribution in [-0.4, -0.2) is 53.7 Å². The lowest BCUT2D eigenvalue weighted by Crippen LogP contribution is -2.52. The molecule has 1 unspecified atom stereocenters. The van der Waals surface area contributed by atoms with Crippen LogP contribution in [0.15, 0.2) is 0 Å². The molecule has 6 nitrogen and oxygen atoms in total. The van der Waals surface area contributed by atoms with E-state index in [1.54, 1.807) is 20.8 Å². The van der Waals surface area contributed by atoms with Crippen LogP contribution in [0.4, 0.5) is 0 Å². The standard InChI is InChI=1S/C15H28N2O4S/c1-15(2,3)22(20,21)17-9-7-12(8-10-17)16-14(19)13(18)11-5-4-6-11/h11-13,18H,4-10H2,1-3H3,(H,16,19). The molecule has 7 heteroatoms. The Balaban J connectivity index is 1.83. The summed E-state index contributed by atoms with van der Waals surface area (Å²) in [6.45, 7) is 5.94. The van der Waals surface area contributed by atoms with Crippen molar-refractivity contribution in [3.05, 3.63) is 0 Å². The highest BCUT2D eigenvalue weighted by Gasteiger charge is 2.38. The van der Waals surface area contributed by atoms with Crippen LogP contribution in [0.5, 0.6) is 0 Å². The predicted octanol–water partition coefficient (Wildman–Crippen LogP) is 0.856. The van der Waals surface area contributed by atoms with Crippen molar-refractivity contribution in [1.29, 1.82) is 0 Å². The number of hydrogen-bond donors (Lipinski definition) is 2. The zero-order chi connectivity index (χ0) is 16.5. The van der Waals surface area contributed by atoms with Gasteiger partial charge in [0, 0.05) is 19.1 Å². The number of aliphatic hydroxyl groups excluding tert-OH is 1. The molecular formula is C15H28N2O4S. The summed E-state index contributed by atoms with van der Waals surface area (Å²) in [5, 5.41) is 12.8. The zero-order valence-corrected chi connectivity index (χ0v) is 14.5. The van der Waals surface area contributed by atoms with Crippen molar-refractivity contribution in [3.8, 4) is 0 Å². The molecule has 1 saturated heterocycles. The molecule has 1 atom stereocenters. The molecule has 0 aromatic carbocycles. The Morgan fingerprint density at radius 3 is 2.14 bits per heavy atom. The van der Waals surface area contributed by atoms with E-state index in [1.165, 1.54) is 4.31 Å². The van der Waals surface area contributed by atoms with Crippen LogP contribution >= 0.6 is 0 Å². The Hall–Kier alpha value is -0.660. The van der Waals surface area contributed by atoms with Crippen LogP contribution in [0.25, 0.3) is 0 Å². The van der Waals surface area contributed by atoms with Gasteiger partial charge in [0.1, 0.15) is 6.10 Å². The van der Waals surface area contributed by atoms with E-state index in [0.29, 0.717) is 25.9 Å². The molecule has 0 radical (unpaired) electrons. The maximum atomic E-state index is 12.4. The first-order valence-corrected chi connectivity index (χ1v) is 9.55. The lowest BCUT2D eigenvalue weighted by molar-refractivity contribution is -0.134. The van der Waals surface area contributed by atoms with Crippen LogP contribution in [0.1, 0.15) is 52.9 Å². The van der Waals surface area contributed by atoms with Crippen molar-refractivity contribution in [2.24, 2.45) is 5.92 Å². The van der Waals surface area contributed by atoms with Gasteiger partial charge in [0.2, 0.25) is 15.9 Å². The van der Waals surface area contributed by atoms with Gasteiger partial charge in [-0.25, -0.2) is 12.7 Å². The second kappa shape index (κ2) is 6.45. The first kappa shape index (κ1) is 17.7. The molecule has 22 heavy (non-hydrogen) atoms. The minimum Gasteiger partial charge on any atom is -0.383 e. The van der Waals surface area contributed by atoms with Gasteiger partial charge in [0.05, 0.1) is 4.75 Å². The highest BCUT2D eigenvalue weighted by atomic mass is 32.2. The van der Waals surface area contributed by atoms with Crippen molar-refractivity contribution in [2.75, 3.05) is 13.1 Å². The number of hydrogen-bond acceptors (Lipinski definition) is 4. The number of aliphatic hydroxyl groups is 1. The van der Waals surface area contributed by atoms with E-state index in [-0.39, 0.29) is 17.9 Å². The van der Waals surface area contributed by atoms with E-state index in [4.69, 9.17) is 0 Å². The molecule has 128 valence electrons. The fourth-order valence-corrected chi connectivity index (χ4v) is 4.35. The van der Waals surface area contributed by atoms with Gasteiger partial charge in [-0.15, -0.1) is 0 Å². The van der Waals surface area contributed by atoms with Crippen LogP contribution in [-0.2, 0) is 14.8 Å². The summed E-state index contributed by atoms with van der Waals surface area (Å²) in [5.41, 5.74) is 0. The Labute approximate surface area is 133 Å². The van der Waals surface area contributed by atoms with E-state index in [2.05, 4.69) is 5.32 Å². The van der Waals surface area contributed by atoms with Crippen LogP contribution in [0.3, 0.4) is 0 Å². The van der Waals surface area contributed by atoms with E-state index >= 15 is 0 Å². The summed E-state index contributed by atoms with van der Waals surface area (Å²) in [6, 6.07) is -0.0476. The average molecular weight is 332 g/mol. The smallest absolute Gasteiger partial charge is 0.249 e. The minimum absolute atomic E-state index is 0.0476. The summed E-state index contributed by atoms with van der Waals surface area (Å²) < 4.78 is 25.5. The first-order chi connectivity index (χ1) is 10.1. The van der Waals surface area contributed by atoms with Crippen LogP contribution in [0, 0.1) is 5.92 Å². The Kier molecular flexibility index (Phi) is 5.19. The molecule has 2 N–H and O–H groups in total.